The highest BCUT2D eigenvalue weighted by Crippen LogP contribution is 2.22. The van der Waals surface area contributed by atoms with Gasteiger partial charge in [-0.1, -0.05) is 13.8 Å². The molecular formula is C17H24N2O3. The van der Waals surface area contributed by atoms with Crippen LogP contribution in [0, 0.1) is 5.41 Å². The second-order valence-electron chi connectivity index (χ2n) is 5.72. The molecule has 0 saturated heterocycles. The molecule has 0 spiro atoms. The van der Waals surface area contributed by atoms with Crippen molar-refractivity contribution in [2.75, 3.05) is 24.7 Å². The highest BCUT2D eigenvalue weighted by Gasteiger charge is 2.13. The minimum Gasteiger partial charge on any atom is -0.457 e. The van der Waals surface area contributed by atoms with Crippen molar-refractivity contribution in [2.45, 2.75) is 13.8 Å². The standard InChI is InChI=1S/C12H12N2O.C5H12O2/c13-9-1-5-11(6-2-9)15-12-7-3-10(14)4-8-12;1-5(2,3-6)4-7/h1-8H,13-14H2;6-7H,3-4H2,1-2H3. The van der Waals surface area contributed by atoms with Gasteiger partial charge in [-0.3, -0.25) is 0 Å². The van der Waals surface area contributed by atoms with Crippen molar-refractivity contribution in [1.82, 2.24) is 0 Å². The first-order chi connectivity index (χ1) is 10.4. The molecule has 2 aromatic rings. The summed E-state index contributed by atoms with van der Waals surface area (Å²) in [5, 5.41) is 16.9. The number of aliphatic hydroxyl groups is 2. The number of rotatable bonds is 4. The molecule has 120 valence electrons. The first-order valence-corrected chi connectivity index (χ1v) is 6.97. The Morgan fingerprint density at radius 1 is 0.773 bits per heavy atom. The molecule has 2 rings (SSSR count). The van der Waals surface area contributed by atoms with Gasteiger partial charge in [-0.2, -0.15) is 0 Å². The van der Waals surface area contributed by atoms with Gasteiger partial charge in [0.15, 0.2) is 0 Å². The van der Waals surface area contributed by atoms with Crippen LogP contribution in [0.5, 0.6) is 11.5 Å². The molecule has 0 aromatic heterocycles. The Labute approximate surface area is 131 Å². The van der Waals surface area contributed by atoms with Crippen LogP contribution in [0.1, 0.15) is 13.8 Å². The van der Waals surface area contributed by atoms with Gasteiger partial charge in [0.1, 0.15) is 11.5 Å². The summed E-state index contributed by atoms with van der Waals surface area (Å²) >= 11 is 0. The van der Waals surface area contributed by atoms with Crippen LogP contribution in [-0.2, 0) is 0 Å². The fourth-order valence-electron chi connectivity index (χ4n) is 1.26. The van der Waals surface area contributed by atoms with Crippen molar-refractivity contribution < 1.29 is 14.9 Å². The van der Waals surface area contributed by atoms with E-state index in [1.807, 2.05) is 24.3 Å². The number of hydrogen-bond donors (Lipinski definition) is 4. The van der Waals surface area contributed by atoms with E-state index in [1.165, 1.54) is 0 Å². The molecule has 22 heavy (non-hydrogen) atoms. The lowest BCUT2D eigenvalue weighted by Gasteiger charge is -2.16. The number of benzene rings is 2. The van der Waals surface area contributed by atoms with Crippen LogP contribution in [0.25, 0.3) is 0 Å². The normalized spacial score (nSPS) is 10.5. The summed E-state index contributed by atoms with van der Waals surface area (Å²) in [4.78, 5) is 0. The average Bonchev–Trinajstić information content (AvgIpc) is 2.52. The molecule has 0 radical (unpaired) electrons. The molecule has 5 heteroatoms. The van der Waals surface area contributed by atoms with E-state index in [0.29, 0.717) is 0 Å². The molecule has 6 N–H and O–H groups in total. The Balaban J connectivity index is 0.000000295. The minimum absolute atomic E-state index is 0.0451. The maximum absolute atomic E-state index is 8.43. The van der Waals surface area contributed by atoms with Crippen molar-refractivity contribution in [3.63, 3.8) is 0 Å². The molecule has 0 aliphatic heterocycles. The smallest absolute Gasteiger partial charge is 0.127 e. The lowest BCUT2D eigenvalue weighted by molar-refractivity contribution is 0.0857. The summed E-state index contributed by atoms with van der Waals surface area (Å²) in [5.41, 5.74) is 12.3. The fourth-order valence-corrected chi connectivity index (χ4v) is 1.26. The maximum Gasteiger partial charge on any atom is 0.127 e. The van der Waals surface area contributed by atoms with Crippen LogP contribution in [0.15, 0.2) is 48.5 Å². The van der Waals surface area contributed by atoms with E-state index < -0.39 is 0 Å². The molecule has 0 aliphatic rings. The second kappa shape index (κ2) is 8.26. The van der Waals surface area contributed by atoms with Crippen LogP contribution < -0.4 is 16.2 Å². The molecule has 2 aromatic carbocycles. The van der Waals surface area contributed by atoms with E-state index in [-0.39, 0.29) is 18.6 Å². The third-order valence-electron chi connectivity index (χ3n) is 2.85. The van der Waals surface area contributed by atoms with Crippen molar-refractivity contribution >= 4 is 11.4 Å². The van der Waals surface area contributed by atoms with E-state index >= 15 is 0 Å². The van der Waals surface area contributed by atoms with Gasteiger partial charge in [-0.05, 0) is 48.5 Å². The quantitative estimate of drug-likeness (QED) is 0.650. The van der Waals surface area contributed by atoms with Gasteiger partial charge in [0.25, 0.3) is 0 Å². The number of hydrogen-bond acceptors (Lipinski definition) is 5. The summed E-state index contributed by atoms with van der Waals surface area (Å²) in [6.45, 7) is 3.69. The minimum atomic E-state index is -0.306. The van der Waals surface area contributed by atoms with E-state index in [0.717, 1.165) is 22.9 Å². The van der Waals surface area contributed by atoms with Crippen LogP contribution >= 0.6 is 0 Å². The first kappa shape index (κ1) is 17.8. The van der Waals surface area contributed by atoms with Crippen molar-refractivity contribution in [3.8, 4) is 11.5 Å². The van der Waals surface area contributed by atoms with E-state index in [1.54, 1.807) is 38.1 Å². The van der Waals surface area contributed by atoms with E-state index in [2.05, 4.69) is 0 Å². The Morgan fingerprint density at radius 3 is 1.32 bits per heavy atom. The molecule has 0 amide bonds. The summed E-state index contributed by atoms with van der Waals surface area (Å²) in [7, 11) is 0. The Hall–Kier alpha value is -2.24. The number of nitrogen functional groups attached to an aromatic ring is 2. The average molecular weight is 304 g/mol. The summed E-state index contributed by atoms with van der Waals surface area (Å²) in [6.07, 6.45) is 0. The number of ether oxygens (including phenoxy) is 1. The van der Waals surface area contributed by atoms with Gasteiger partial charge in [-0.15, -0.1) is 0 Å². The number of nitrogens with two attached hydrogens (primary N) is 2. The van der Waals surface area contributed by atoms with Gasteiger partial charge < -0.3 is 26.4 Å². The molecule has 0 unspecified atom stereocenters. The zero-order chi connectivity index (χ0) is 16.6. The molecule has 5 nitrogen and oxygen atoms in total. The molecule has 0 bridgehead atoms. The molecule has 0 atom stereocenters. The van der Waals surface area contributed by atoms with E-state index in [4.69, 9.17) is 26.4 Å². The molecule has 0 fully saturated rings. The van der Waals surface area contributed by atoms with Crippen molar-refractivity contribution in [1.29, 1.82) is 0 Å². The highest BCUT2D eigenvalue weighted by atomic mass is 16.5. The lowest BCUT2D eigenvalue weighted by Crippen LogP contribution is -2.20. The Morgan fingerprint density at radius 2 is 1.09 bits per heavy atom. The van der Waals surface area contributed by atoms with Gasteiger partial charge >= 0.3 is 0 Å². The topological polar surface area (TPSA) is 102 Å². The fraction of sp³-hybridized carbons (Fsp3) is 0.294. The van der Waals surface area contributed by atoms with Crippen LogP contribution in [-0.4, -0.2) is 23.4 Å². The molecule has 0 heterocycles. The Kier molecular flexibility index (Phi) is 6.69. The molecule has 0 saturated carbocycles. The van der Waals surface area contributed by atoms with Crippen LogP contribution in [0.4, 0.5) is 11.4 Å². The van der Waals surface area contributed by atoms with Crippen LogP contribution in [0.3, 0.4) is 0 Å². The number of aliphatic hydroxyl groups excluding tert-OH is 2. The zero-order valence-electron chi connectivity index (χ0n) is 13.0. The van der Waals surface area contributed by atoms with Gasteiger partial charge in [0.05, 0.1) is 13.2 Å². The molecule has 0 aliphatic carbocycles. The predicted octanol–water partition coefficient (Wildman–Crippen LogP) is 2.64. The van der Waals surface area contributed by atoms with Gasteiger partial charge in [0, 0.05) is 16.8 Å². The Bertz CT molecular complexity index is 502. The van der Waals surface area contributed by atoms with Crippen LogP contribution in [0.2, 0.25) is 0 Å². The monoisotopic (exact) mass is 304 g/mol. The first-order valence-electron chi connectivity index (χ1n) is 6.97. The number of anilines is 2. The largest absolute Gasteiger partial charge is 0.457 e. The van der Waals surface area contributed by atoms with Crippen molar-refractivity contribution in [2.24, 2.45) is 5.41 Å². The van der Waals surface area contributed by atoms with Gasteiger partial charge in [-0.25, -0.2) is 0 Å². The predicted molar refractivity (Wildman–Crippen MR) is 89.7 cm³/mol. The van der Waals surface area contributed by atoms with Crippen molar-refractivity contribution in [3.05, 3.63) is 48.5 Å². The highest BCUT2D eigenvalue weighted by molar-refractivity contribution is 5.45. The third kappa shape index (κ3) is 6.47. The lowest BCUT2D eigenvalue weighted by atomic mass is 9.97. The molecular weight excluding hydrogens is 280 g/mol. The SMILES string of the molecule is CC(C)(CO)CO.Nc1ccc(Oc2ccc(N)cc2)cc1. The maximum atomic E-state index is 8.43. The summed E-state index contributed by atoms with van der Waals surface area (Å²) in [5.74, 6) is 1.52. The zero-order valence-corrected chi connectivity index (χ0v) is 13.0. The third-order valence-corrected chi connectivity index (χ3v) is 2.85. The van der Waals surface area contributed by atoms with Gasteiger partial charge in [0.2, 0.25) is 0 Å². The second-order valence-corrected chi connectivity index (χ2v) is 5.72. The van der Waals surface area contributed by atoms with E-state index in [9.17, 15) is 0 Å². The summed E-state index contributed by atoms with van der Waals surface area (Å²) in [6, 6.07) is 14.5. The summed E-state index contributed by atoms with van der Waals surface area (Å²) < 4.78 is 5.58.